The fraction of sp³-hybridized carbons (Fsp3) is 0.600. The lowest BCUT2D eigenvalue weighted by atomic mass is 10.1. The predicted octanol–water partition coefficient (Wildman–Crippen LogP) is 2.91. The number of anilines is 1. The molecule has 1 aliphatic heterocycles. The molecule has 0 aliphatic carbocycles. The zero-order valence-corrected chi connectivity index (χ0v) is 13.5. The Bertz CT molecular complexity index is 607. The van der Waals surface area contributed by atoms with E-state index in [2.05, 4.69) is 33.2 Å². The number of aryl methyl sites for hydroxylation is 1. The van der Waals surface area contributed by atoms with Gasteiger partial charge in [-0.25, -0.2) is 4.98 Å². The van der Waals surface area contributed by atoms with Crippen LogP contribution in [0.25, 0.3) is 10.2 Å². The second kappa shape index (κ2) is 6.58. The zero-order valence-electron chi connectivity index (χ0n) is 12.7. The van der Waals surface area contributed by atoms with Crippen LogP contribution in [0, 0.1) is 6.92 Å². The minimum atomic E-state index is 0.623. The second-order valence-electron chi connectivity index (χ2n) is 5.43. The van der Waals surface area contributed by atoms with Crippen LogP contribution in [0.3, 0.4) is 0 Å². The van der Waals surface area contributed by atoms with E-state index in [0.29, 0.717) is 18.4 Å². The Hall–Kier alpha value is -1.40. The van der Waals surface area contributed by atoms with E-state index in [0.717, 1.165) is 16.8 Å². The summed E-state index contributed by atoms with van der Waals surface area (Å²) in [5.41, 5.74) is 0. The van der Waals surface area contributed by atoms with Crippen molar-refractivity contribution in [1.29, 1.82) is 0 Å². The molecule has 2 aromatic heterocycles. The van der Waals surface area contributed by atoms with Crippen molar-refractivity contribution in [1.82, 2.24) is 14.9 Å². The quantitative estimate of drug-likeness (QED) is 0.920. The molecule has 0 amide bonds. The van der Waals surface area contributed by atoms with E-state index in [4.69, 9.17) is 4.74 Å². The summed E-state index contributed by atoms with van der Waals surface area (Å²) in [6.45, 7) is 6.14. The van der Waals surface area contributed by atoms with Crippen LogP contribution >= 0.6 is 11.3 Å². The van der Waals surface area contributed by atoms with Gasteiger partial charge >= 0.3 is 0 Å². The highest BCUT2D eigenvalue weighted by Gasteiger charge is 2.13. The van der Waals surface area contributed by atoms with Gasteiger partial charge in [-0.1, -0.05) is 6.42 Å². The number of thiophene rings is 1. The highest BCUT2D eigenvalue weighted by atomic mass is 32.1. The number of hydrogen-bond acceptors (Lipinski definition) is 6. The molecule has 0 atom stereocenters. The van der Waals surface area contributed by atoms with Gasteiger partial charge in [-0.3, -0.25) is 4.90 Å². The van der Waals surface area contributed by atoms with Gasteiger partial charge in [-0.2, -0.15) is 4.98 Å². The van der Waals surface area contributed by atoms with Crippen LogP contribution in [-0.2, 0) is 0 Å². The summed E-state index contributed by atoms with van der Waals surface area (Å²) < 4.78 is 5.95. The van der Waals surface area contributed by atoms with Gasteiger partial charge in [0, 0.05) is 18.5 Å². The third-order valence-corrected chi connectivity index (χ3v) is 4.74. The van der Waals surface area contributed by atoms with Crippen molar-refractivity contribution < 1.29 is 4.74 Å². The van der Waals surface area contributed by atoms with Gasteiger partial charge in [-0.05, 0) is 38.9 Å². The third kappa shape index (κ3) is 3.44. The number of ether oxygens (including phenoxy) is 1. The summed E-state index contributed by atoms with van der Waals surface area (Å²) in [6, 6.07) is 2.11. The molecule has 1 saturated heterocycles. The third-order valence-electron chi connectivity index (χ3n) is 3.80. The first-order valence-corrected chi connectivity index (χ1v) is 8.39. The fourth-order valence-electron chi connectivity index (χ4n) is 2.69. The molecule has 0 spiro atoms. The molecule has 114 valence electrons. The molecule has 0 unspecified atom stereocenters. The summed E-state index contributed by atoms with van der Waals surface area (Å²) in [7, 11) is 1.83. The molecule has 0 aromatic carbocycles. The lowest BCUT2D eigenvalue weighted by molar-refractivity contribution is 0.181. The second-order valence-corrected chi connectivity index (χ2v) is 6.66. The van der Waals surface area contributed by atoms with Crippen molar-refractivity contribution in [3.8, 4) is 5.88 Å². The molecule has 3 rings (SSSR count). The smallest absolute Gasteiger partial charge is 0.227 e. The number of hydrogen-bond donors (Lipinski definition) is 1. The van der Waals surface area contributed by atoms with Crippen molar-refractivity contribution in [2.75, 3.05) is 38.6 Å². The highest BCUT2D eigenvalue weighted by Crippen LogP contribution is 2.30. The number of fused-ring (bicyclic) bond motifs is 1. The van der Waals surface area contributed by atoms with Gasteiger partial charge < -0.3 is 10.1 Å². The zero-order chi connectivity index (χ0) is 14.7. The number of nitrogens with zero attached hydrogens (tertiary/aromatic N) is 3. The van der Waals surface area contributed by atoms with Crippen LogP contribution < -0.4 is 10.1 Å². The Kier molecular flexibility index (Phi) is 4.55. The monoisotopic (exact) mass is 306 g/mol. The first-order valence-electron chi connectivity index (χ1n) is 7.57. The van der Waals surface area contributed by atoms with Crippen LogP contribution in [0.5, 0.6) is 5.88 Å². The van der Waals surface area contributed by atoms with Crippen molar-refractivity contribution >= 4 is 27.5 Å². The van der Waals surface area contributed by atoms with Crippen molar-refractivity contribution in [3.63, 3.8) is 0 Å². The SMILES string of the molecule is CNc1nc(OCCN2CCCCC2)c2cc(C)sc2n1. The van der Waals surface area contributed by atoms with Crippen molar-refractivity contribution in [3.05, 3.63) is 10.9 Å². The Morgan fingerprint density at radius 2 is 2.10 bits per heavy atom. The summed E-state index contributed by atoms with van der Waals surface area (Å²) in [6.07, 6.45) is 3.99. The Balaban J connectivity index is 1.70. The standard InChI is InChI=1S/C15H22N4OS/c1-11-10-12-13(17-15(16-2)18-14(12)21-11)20-9-8-19-6-4-3-5-7-19/h10H,3-9H2,1-2H3,(H,16,17,18). The summed E-state index contributed by atoms with van der Waals surface area (Å²) in [4.78, 5) is 13.6. The molecular weight excluding hydrogens is 284 g/mol. The normalized spacial score (nSPS) is 16.3. The number of nitrogens with one attached hydrogen (secondary N) is 1. The molecule has 0 radical (unpaired) electrons. The molecule has 1 fully saturated rings. The van der Waals surface area contributed by atoms with Gasteiger partial charge in [0.25, 0.3) is 0 Å². The summed E-state index contributed by atoms with van der Waals surface area (Å²) >= 11 is 1.68. The van der Waals surface area contributed by atoms with Crippen molar-refractivity contribution in [2.45, 2.75) is 26.2 Å². The molecule has 5 nitrogen and oxygen atoms in total. The first kappa shape index (κ1) is 14.5. The number of rotatable bonds is 5. The molecule has 0 bridgehead atoms. The van der Waals surface area contributed by atoms with E-state index in [9.17, 15) is 0 Å². The Labute approximate surface area is 129 Å². The topological polar surface area (TPSA) is 50.3 Å². The summed E-state index contributed by atoms with van der Waals surface area (Å²) in [5, 5.41) is 4.03. The Morgan fingerprint density at radius 3 is 2.86 bits per heavy atom. The first-order chi connectivity index (χ1) is 10.3. The average molecular weight is 306 g/mol. The van der Waals surface area contributed by atoms with Crippen LogP contribution in [0.4, 0.5) is 5.95 Å². The lowest BCUT2D eigenvalue weighted by Gasteiger charge is -2.26. The average Bonchev–Trinajstić information content (AvgIpc) is 2.88. The molecule has 3 heterocycles. The minimum Gasteiger partial charge on any atom is -0.476 e. The summed E-state index contributed by atoms with van der Waals surface area (Å²) in [5.74, 6) is 1.32. The van der Waals surface area contributed by atoms with E-state index in [1.807, 2.05) is 7.05 Å². The molecule has 2 aromatic rings. The van der Waals surface area contributed by atoms with Crippen LogP contribution in [0.2, 0.25) is 0 Å². The molecule has 6 heteroatoms. The van der Waals surface area contributed by atoms with E-state index in [1.165, 1.54) is 37.2 Å². The maximum atomic E-state index is 5.95. The maximum Gasteiger partial charge on any atom is 0.227 e. The van der Waals surface area contributed by atoms with Gasteiger partial charge in [-0.15, -0.1) is 11.3 Å². The largest absolute Gasteiger partial charge is 0.476 e. The van der Waals surface area contributed by atoms with Gasteiger partial charge in [0.2, 0.25) is 11.8 Å². The Morgan fingerprint density at radius 1 is 1.29 bits per heavy atom. The molecule has 0 saturated carbocycles. The maximum absolute atomic E-state index is 5.95. The van der Waals surface area contributed by atoms with Crippen LogP contribution in [-0.4, -0.2) is 48.2 Å². The predicted molar refractivity (Wildman–Crippen MR) is 87.5 cm³/mol. The van der Waals surface area contributed by atoms with E-state index < -0.39 is 0 Å². The van der Waals surface area contributed by atoms with E-state index >= 15 is 0 Å². The number of piperidine rings is 1. The number of aromatic nitrogens is 2. The fourth-order valence-corrected chi connectivity index (χ4v) is 3.56. The number of likely N-dealkylation sites (tertiary alicyclic amines) is 1. The van der Waals surface area contributed by atoms with E-state index in [1.54, 1.807) is 11.3 Å². The molecular formula is C15H22N4OS. The van der Waals surface area contributed by atoms with Gasteiger partial charge in [0.15, 0.2) is 0 Å². The van der Waals surface area contributed by atoms with Crippen LogP contribution in [0.1, 0.15) is 24.1 Å². The van der Waals surface area contributed by atoms with E-state index in [-0.39, 0.29) is 0 Å². The molecule has 21 heavy (non-hydrogen) atoms. The molecule has 1 N–H and O–H groups in total. The van der Waals surface area contributed by atoms with Crippen LogP contribution in [0.15, 0.2) is 6.07 Å². The van der Waals surface area contributed by atoms with Gasteiger partial charge in [0.1, 0.15) is 11.4 Å². The van der Waals surface area contributed by atoms with Crippen molar-refractivity contribution in [2.24, 2.45) is 0 Å². The minimum absolute atomic E-state index is 0.623. The van der Waals surface area contributed by atoms with Gasteiger partial charge in [0.05, 0.1) is 5.39 Å². The highest BCUT2D eigenvalue weighted by molar-refractivity contribution is 7.18. The lowest BCUT2D eigenvalue weighted by Crippen LogP contribution is -2.33. The molecule has 1 aliphatic rings.